The van der Waals surface area contributed by atoms with Crippen LogP contribution in [0.15, 0.2) is 58.2 Å². The molecule has 0 radical (unpaired) electrons. The first-order valence-electron chi connectivity index (χ1n) is 7.63. The number of hydrogen-bond donors (Lipinski definition) is 0. The lowest BCUT2D eigenvalue weighted by atomic mass is 10.1. The van der Waals surface area contributed by atoms with E-state index in [4.69, 9.17) is 20.8 Å². The maximum absolute atomic E-state index is 10.9. The van der Waals surface area contributed by atoms with Crippen LogP contribution in [-0.4, -0.2) is 15.1 Å². The Bertz CT molecular complexity index is 918. The second kappa shape index (κ2) is 8.20. The minimum atomic E-state index is -0.419. The molecule has 0 saturated carbocycles. The van der Waals surface area contributed by atoms with Crippen molar-refractivity contribution in [3.63, 3.8) is 0 Å². The van der Waals surface area contributed by atoms with Gasteiger partial charge < -0.3 is 9.15 Å². The number of para-hydroxylation sites is 1. The highest BCUT2D eigenvalue weighted by atomic mass is 35.5. The largest absolute Gasteiger partial charge is 0.482 e. The summed E-state index contributed by atoms with van der Waals surface area (Å²) in [5, 5.41) is 19.6. The van der Waals surface area contributed by atoms with Crippen LogP contribution in [0.4, 0.5) is 5.69 Å². The van der Waals surface area contributed by atoms with Gasteiger partial charge >= 0.3 is 0 Å². The van der Waals surface area contributed by atoms with Crippen LogP contribution in [0.5, 0.6) is 5.75 Å². The molecule has 1 atom stereocenters. The molecule has 9 heteroatoms. The molecule has 7 nitrogen and oxygen atoms in total. The van der Waals surface area contributed by atoms with Crippen LogP contribution in [0.1, 0.15) is 23.6 Å². The van der Waals surface area contributed by atoms with E-state index in [1.807, 2.05) is 25.1 Å². The number of halogens is 1. The van der Waals surface area contributed by atoms with Crippen LogP contribution in [0.3, 0.4) is 0 Å². The lowest BCUT2D eigenvalue weighted by Crippen LogP contribution is -1.96. The minimum Gasteiger partial charge on any atom is -0.482 e. The molecule has 2 aromatic carbocycles. The second-order valence-electron chi connectivity index (χ2n) is 5.29. The predicted molar refractivity (Wildman–Crippen MR) is 97.5 cm³/mol. The quantitative estimate of drug-likeness (QED) is 0.315. The summed E-state index contributed by atoms with van der Waals surface area (Å²) in [5.74, 6) is 0.852. The first-order chi connectivity index (χ1) is 12.5. The van der Waals surface area contributed by atoms with E-state index in [0.717, 1.165) is 5.56 Å². The first-order valence-corrected chi connectivity index (χ1v) is 8.89. The van der Waals surface area contributed by atoms with Gasteiger partial charge in [-0.2, -0.15) is 0 Å². The molecule has 0 aliphatic carbocycles. The molecule has 26 heavy (non-hydrogen) atoms. The number of nitro groups is 1. The van der Waals surface area contributed by atoms with Crippen LogP contribution >= 0.6 is 23.4 Å². The van der Waals surface area contributed by atoms with E-state index in [0.29, 0.717) is 21.9 Å². The molecule has 0 N–H and O–H groups in total. The van der Waals surface area contributed by atoms with Gasteiger partial charge in [-0.1, -0.05) is 47.6 Å². The minimum absolute atomic E-state index is 0.0503. The molecule has 0 saturated heterocycles. The van der Waals surface area contributed by atoms with Crippen molar-refractivity contribution in [3.8, 4) is 5.75 Å². The standard InChI is InChI=1S/C17H14ClN3O4S/c1-11(12-5-4-6-13(9-12)21(22)23)26-17-20-19-16(25-17)10-24-15-8-3-2-7-14(15)18/h2-9,11H,10H2,1H3. The summed E-state index contributed by atoms with van der Waals surface area (Å²) in [5.41, 5.74) is 0.852. The molecule has 1 aromatic heterocycles. The van der Waals surface area contributed by atoms with Gasteiger partial charge in [0.1, 0.15) is 5.75 Å². The summed E-state index contributed by atoms with van der Waals surface area (Å²) in [4.78, 5) is 10.5. The SMILES string of the molecule is CC(Sc1nnc(COc2ccccc2Cl)o1)c1cccc([N+](=O)[O-])c1. The predicted octanol–water partition coefficient (Wildman–Crippen LogP) is 5.06. The van der Waals surface area contributed by atoms with Crippen LogP contribution in [-0.2, 0) is 6.61 Å². The van der Waals surface area contributed by atoms with E-state index >= 15 is 0 Å². The molecular formula is C17H14ClN3O4S. The number of nitro benzene ring substituents is 1. The second-order valence-corrected chi connectivity index (χ2v) is 6.99. The number of rotatable bonds is 7. The molecule has 0 amide bonds. The van der Waals surface area contributed by atoms with Crippen molar-refractivity contribution in [2.45, 2.75) is 24.0 Å². The molecule has 1 unspecified atom stereocenters. The third kappa shape index (κ3) is 4.53. The van der Waals surface area contributed by atoms with E-state index in [1.54, 1.807) is 18.2 Å². The lowest BCUT2D eigenvalue weighted by molar-refractivity contribution is -0.384. The topological polar surface area (TPSA) is 91.3 Å². The van der Waals surface area contributed by atoms with Gasteiger partial charge in [0.25, 0.3) is 16.8 Å². The molecule has 1 heterocycles. The van der Waals surface area contributed by atoms with Crippen molar-refractivity contribution in [1.82, 2.24) is 10.2 Å². The Labute approximate surface area is 158 Å². The third-order valence-corrected chi connectivity index (χ3v) is 4.77. The first kappa shape index (κ1) is 18.2. The third-order valence-electron chi connectivity index (χ3n) is 3.46. The summed E-state index contributed by atoms with van der Waals surface area (Å²) in [6.45, 7) is 2.01. The molecule has 0 spiro atoms. The lowest BCUT2D eigenvalue weighted by Gasteiger charge is -2.08. The Morgan fingerprint density at radius 1 is 1.27 bits per heavy atom. The Hall–Kier alpha value is -2.58. The van der Waals surface area contributed by atoms with Gasteiger partial charge in [0.15, 0.2) is 6.61 Å². The molecule has 0 aliphatic heterocycles. The number of non-ortho nitro benzene ring substituents is 1. The van der Waals surface area contributed by atoms with Gasteiger partial charge in [0.2, 0.25) is 0 Å². The fraction of sp³-hybridized carbons (Fsp3) is 0.176. The average molecular weight is 392 g/mol. The Morgan fingerprint density at radius 3 is 2.85 bits per heavy atom. The summed E-state index contributed by atoms with van der Waals surface area (Å²) in [6, 6.07) is 13.6. The van der Waals surface area contributed by atoms with E-state index in [9.17, 15) is 10.1 Å². The van der Waals surface area contributed by atoms with Crippen LogP contribution in [0.2, 0.25) is 5.02 Å². The number of ether oxygens (including phenoxy) is 1. The van der Waals surface area contributed by atoms with E-state index in [2.05, 4.69) is 10.2 Å². The summed E-state index contributed by atoms with van der Waals surface area (Å²) < 4.78 is 11.1. The Kier molecular flexibility index (Phi) is 5.75. The fourth-order valence-electron chi connectivity index (χ4n) is 2.16. The van der Waals surface area contributed by atoms with Crippen LogP contribution in [0.25, 0.3) is 0 Å². The smallest absolute Gasteiger partial charge is 0.277 e. The molecule has 0 bridgehead atoms. The average Bonchev–Trinajstić information content (AvgIpc) is 3.08. The highest BCUT2D eigenvalue weighted by Gasteiger charge is 2.16. The van der Waals surface area contributed by atoms with Crippen molar-refractivity contribution < 1.29 is 14.1 Å². The monoisotopic (exact) mass is 391 g/mol. The highest BCUT2D eigenvalue weighted by molar-refractivity contribution is 7.99. The maximum atomic E-state index is 10.9. The number of benzene rings is 2. The number of nitrogens with zero attached hydrogens (tertiary/aromatic N) is 3. The zero-order valence-corrected chi connectivity index (χ0v) is 15.2. The Morgan fingerprint density at radius 2 is 2.08 bits per heavy atom. The Balaban J connectivity index is 1.62. The summed E-state index contributed by atoms with van der Waals surface area (Å²) >= 11 is 7.34. The fourth-order valence-corrected chi connectivity index (χ4v) is 3.16. The highest BCUT2D eigenvalue weighted by Crippen LogP contribution is 2.35. The molecule has 0 aliphatic rings. The molecule has 3 aromatic rings. The van der Waals surface area contributed by atoms with Crippen LogP contribution in [0, 0.1) is 10.1 Å². The molecule has 3 rings (SSSR count). The zero-order valence-electron chi connectivity index (χ0n) is 13.7. The van der Waals surface area contributed by atoms with Gasteiger partial charge in [-0.15, -0.1) is 10.2 Å². The van der Waals surface area contributed by atoms with Gasteiger partial charge in [-0.3, -0.25) is 10.1 Å². The van der Waals surface area contributed by atoms with Crippen molar-refractivity contribution >= 4 is 29.1 Å². The number of aromatic nitrogens is 2. The van der Waals surface area contributed by atoms with E-state index in [1.165, 1.54) is 23.9 Å². The van der Waals surface area contributed by atoms with Gasteiger partial charge in [-0.25, -0.2) is 0 Å². The van der Waals surface area contributed by atoms with Gasteiger partial charge in [-0.05, 0) is 24.6 Å². The van der Waals surface area contributed by atoms with Crippen LogP contribution < -0.4 is 4.74 Å². The van der Waals surface area contributed by atoms with E-state index < -0.39 is 4.92 Å². The molecule has 134 valence electrons. The summed E-state index contributed by atoms with van der Waals surface area (Å²) in [6.07, 6.45) is 0. The molecular weight excluding hydrogens is 378 g/mol. The normalized spacial score (nSPS) is 11.9. The molecule has 0 fully saturated rings. The van der Waals surface area contributed by atoms with Crippen molar-refractivity contribution in [1.29, 1.82) is 0 Å². The number of hydrogen-bond acceptors (Lipinski definition) is 7. The van der Waals surface area contributed by atoms with E-state index in [-0.39, 0.29) is 17.5 Å². The van der Waals surface area contributed by atoms with Crippen molar-refractivity contribution in [2.24, 2.45) is 0 Å². The van der Waals surface area contributed by atoms with Crippen molar-refractivity contribution in [2.75, 3.05) is 0 Å². The van der Waals surface area contributed by atoms with Crippen molar-refractivity contribution in [3.05, 3.63) is 75.1 Å². The summed E-state index contributed by atoms with van der Waals surface area (Å²) in [7, 11) is 0. The maximum Gasteiger partial charge on any atom is 0.277 e. The zero-order chi connectivity index (χ0) is 18.5. The number of thioether (sulfide) groups is 1. The van der Waals surface area contributed by atoms with Gasteiger partial charge in [0, 0.05) is 17.4 Å². The van der Waals surface area contributed by atoms with Gasteiger partial charge in [0.05, 0.1) is 9.95 Å².